The van der Waals surface area contributed by atoms with Crippen LogP contribution in [0.15, 0.2) is 88.8 Å². The lowest BCUT2D eigenvalue weighted by Crippen LogP contribution is -2.26. The monoisotopic (exact) mass is 492 g/mol. The molecule has 4 rings (SSSR count). The third-order valence-corrected chi connectivity index (χ3v) is 7.49. The van der Waals surface area contributed by atoms with Gasteiger partial charge in [0.1, 0.15) is 5.25 Å². The Balaban J connectivity index is 1.55. The summed E-state index contributed by atoms with van der Waals surface area (Å²) in [7, 11) is -4.05. The van der Waals surface area contributed by atoms with Crippen molar-refractivity contribution in [1.29, 1.82) is 0 Å². The number of hydrogen-bond donors (Lipinski definition) is 4. The van der Waals surface area contributed by atoms with E-state index in [9.17, 15) is 23.1 Å². The van der Waals surface area contributed by atoms with Gasteiger partial charge in [0.2, 0.25) is 0 Å². The van der Waals surface area contributed by atoms with E-state index in [0.717, 1.165) is 6.54 Å². The molecule has 1 amide bonds. The quantitative estimate of drug-likeness (QED) is 0.379. The molecule has 0 aliphatic carbocycles. The highest BCUT2D eigenvalue weighted by molar-refractivity contribution is 7.91. The molecule has 4 N–H and O–H groups in total. The van der Waals surface area contributed by atoms with Gasteiger partial charge >= 0.3 is 5.97 Å². The number of benzene rings is 3. The number of nitrogens with one attached hydrogen (secondary N) is 3. The Morgan fingerprint density at radius 3 is 2.43 bits per heavy atom. The first-order chi connectivity index (χ1) is 16.8. The third kappa shape index (κ3) is 5.85. The number of aliphatic carboxylic acids is 1. The molecule has 1 aliphatic rings. The van der Waals surface area contributed by atoms with Crippen LogP contribution < -0.4 is 16.0 Å². The summed E-state index contributed by atoms with van der Waals surface area (Å²) in [6.07, 6.45) is -0.580. The number of rotatable bonds is 8. The molecule has 3 aromatic carbocycles. The highest BCUT2D eigenvalue weighted by Crippen LogP contribution is 2.33. The molecule has 1 unspecified atom stereocenters. The smallest absolute Gasteiger partial charge is 0.305 e. The maximum absolute atomic E-state index is 13.4. The Kier molecular flexibility index (Phi) is 7.11. The summed E-state index contributed by atoms with van der Waals surface area (Å²) in [6.45, 7) is 1.43. The predicted octanol–water partition coefficient (Wildman–Crippen LogP) is 3.30. The van der Waals surface area contributed by atoms with Gasteiger partial charge in [-0.1, -0.05) is 42.5 Å². The summed E-state index contributed by atoms with van der Waals surface area (Å²) in [4.78, 5) is 28.5. The van der Waals surface area contributed by atoms with E-state index in [1.54, 1.807) is 60.7 Å². The molecule has 0 spiro atoms. The zero-order chi connectivity index (χ0) is 24.8. The van der Waals surface area contributed by atoms with Gasteiger partial charge in [-0.3, -0.25) is 14.6 Å². The fourth-order valence-electron chi connectivity index (χ4n) is 3.71. The predicted molar refractivity (Wildman–Crippen MR) is 133 cm³/mol. The summed E-state index contributed by atoms with van der Waals surface area (Å²) in [5.74, 6) is -1.01. The second kappa shape index (κ2) is 10.4. The summed E-state index contributed by atoms with van der Waals surface area (Å²) in [6, 6.07) is 20.9. The number of guanidine groups is 1. The van der Waals surface area contributed by atoms with Gasteiger partial charge in [0, 0.05) is 23.5 Å². The van der Waals surface area contributed by atoms with Gasteiger partial charge in [-0.15, -0.1) is 0 Å². The van der Waals surface area contributed by atoms with Crippen LogP contribution in [-0.2, 0) is 14.6 Å². The Labute approximate surface area is 202 Å². The van der Waals surface area contributed by atoms with Crippen molar-refractivity contribution in [2.24, 2.45) is 4.99 Å². The summed E-state index contributed by atoms with van der Waals surface area (Å²) < 4.78 is 26.8. The van der Waals surface area contributed by atoms with Gasteiger partial charge in [-0.25, -0.2) is 8.42 Å². The SMILES string of the molecule is O=C(O)CC(c1ccccc1)S(=O)(=O)c1cccc(NC(=O)c2cccc(NC3=NCCN3)c2)c1. The van der Waals surface area contributed by atoms with Gasteiger partial charge in [0.05, 0.1) is 17.9 Å². The third-order valence-electron chi connectivity index (χ3n) is 5.39. The van der Waals surface area contributed by atoms with E-state index in [1.807, 2.05) is 0 Å². The minimum atomic E-state index is -4.05. The maximum Gasteiger partial charge on any atom is 0.305 e. The minimum Gasteiger partial charge on any atom is -0.481 e. The van der Waals surface area contributed by atoms with E-state index in [-0.39, 0.29) is 10.6 Å². The van der Waals surface area contributed by atoms with Crippen molar-refractivity contribution in [3.05, 3.63) is 90.0 Å². The van der Waals surface area contributed by atoms with E-state index in [2.05, 4.69) is 20.9 Å². The van der Waals surface area contributed by atoms with Crippen molar-refractivity contribution in [2.75, 3.05) is 23.7 Å². The fraction of sp³-hybridized carbons (Fsp3) is 0.160. The molecule has 180 valence electrons. The minimum absolute atomic E-state index is 0.0776. The maximum atomic E-state index is 13.4. The number of carboxylic acid groups (broad SMARTS) is 1. The van der Waals surface area contributed by atoms with Crippen LogP contribution in [0.4, 0.5) is 11.4 Å². The van der Waals surface area contributed by atoms with E-state index < -0.39 is 33.4 Å². The molecule has 1 heterocycles. The van der Waals surface area contributed by atoms with Gasteiger partial charge in [-0.2, -0.15) is 0 Å². The van der Waals surface area contributed by atoms with Crippen LogP contribution in [0, 0.1) is 0 Å². The van der Waals surface area contributed by atoms with Crippen LogP contribution in [0.1, 0.15) is 27.6 Å². The normalized spacial score (nSPS) is 13.9. The molecule has 1 aliphatic heterocycles. The van der Waals surface area contributed by atoms with Crippen LogP contribution in [0.25, 0.3) is 0 Å². The van der Waals surface area contributed by atoms with Crippen molar-refractivity contribution >= 4 is 39.0 Å². The first-order valence-electron chi connectivity index (χ1n) is 10.9. The number of anilines is 2. The molecule has 0 saturated heterocycles. The number of carbonyl (C=O) groups is 2. The van der Waals surface area contributed by atoms with Crippen molar-refractivity contribution in [2.45, 2.75) is 16.6 Å². The Bertz CT molecular complexity index is 1370. The lowest BCUT2D eigenvalue weighted by Gasteiger charge is -2.17. The molecule has 0 radical (unpaired) electrons. The molecule has 10 heteroatoms. The standard InChI is InChI=1S/C25H24N4O5S/c30-23(31)16-22(17-6-2-1-3-7-17)35(33,34)21-11-5-10-20(15-21)28-24(32)18-8-4-9-19(14-18)29-25-26-12-13-27-25/h1-11,14-15,22H,12-13,16H2,(H,28,32)(H,30,31)(H2,26,27,29). The second-order valence-electron chi connectivity index (χ2n) is 7.89. The van der Waals surface area contributed by atoms with E-state index >= 15 is 0 Å². The molecule has 0 aromatic heterocycles. The van der Waals surface area contributed by atoms with Crippen LogP contribution in [-0.4, -0.2) is 44.4 Å². The highest BCUT2D eigenvalue weighted by Gasteiger charge is 2.31. The molecule has 3 aromatic rings. The van der Waals surface area contributed by atoms with Gasteiger partial charge in [0.25, 0.3) is 5.91 Å². The zero-order valence-electron chi connectivity index (χ0n) is 18.6. The van der Waals surface area contributed by atoms with Crippen molar-refractivity contribution in [3.63, 3.8) is 0 Å². The van der Waals surface area contributed by atoms with E-state index in [1.165, 1.54) is 18.2 Å². The summed E-state index contributed by atoms with van der Waals surface area (Å²) >= 11 is 0. The average molecular weight is 493 g/mol. The lowest BCUT2D eigenvalue weighted by atomic mass is 10.1. The summed E-state index contributed by atoms with van der Waals surface area (Å²) in [5.41, 5.74) is 1.71. The van der Waals surface area contributed by atoms with Gasteiger partial charge in [0.15, 0.2) is 15.8 Å². The number of carbonyl (C=O) groups excluding carboxylic acids is 1. The molecule has 1 atom stereocenters. The van der Waals surface area contributed by atoms with Crippen LogP contribution in [0.5, 0.6) is 0 Å². The number of sulfone groups is 1. The first kappa shape index (κ1) is 24.0. The van der Waals surface area contributed by atoms with Crippen molar-refractivity contribution < 1.29 is 23.1 Å². The second-order valence-corrected chi connectivity index (χ2v) is 10.0. The molecule has 9 nitrogen and oxygen atoms in total. The van der Waals surface area contributed by atoms with Gasteiger partial charge in [-0.05, 0) is 42.0 Å². The Hall–Kier alpha value is -4.18. The van der Waals surface area contributed by atoms with Crippen LogP contribution in [0.3, 0.4) is 0 Å². The van der Waals surface area contributed by atoms with Crippen LogP contribution >= 0.6 is 0 Å². The molecular formula is C25H24N4O5S. The van der Waals surface area contributed by atoms with E-state index in [4.69, 9.17) is 0 Å². The molecular weight excluding hydrogens is 468 g/mol. The number of carboxylic acids is 1. The average Bonchev–Trinajstić information content (AvgIpc) is 3.36. The van der Waals surface area contributed by atoms with Crippen LogP contribution in [0.2, 0.25) is 0 Å². The fourth-order valence-corrected chi connectivity index (χ4v) is 5.47. The number of amides is 1. The molecule has 35 heavy (non-hydrogen) atoms. The zero-order valence-corrected chi connectivity index (χ0v) is 19.5. The first-order valence-corrected chi connectivity index (χ1v) is 12.4. The summed E-state index contributed by atoms with van der Waals surface area (Å²) in [5, 5.41) is 17.0. The number of aliphatic imine (C=N–C) groups is 1. The number of nitrogens with zero attached hydrogens (tertiary/aromatic N) is 1. The topological polar surface area (TPSA) is 137 Å². The van der Waals surface area contributed by atoms with E-state index in [0.29, 0.717) is 29.3 Å². The van der Waals surface area contributed by atoms with Gasteiger partial charge < -0.3 is 21.1 Å². The molecule has 0 bridgehead atoms. The number of hydrogen-bond acceptors (Lipinski definition) is 7. The van der Waals surface area contributed by atoms with Crippen molar-refractivity contribution in [3.8, 4) is 0 Å². The Morgan fingerprint density at radius 1 is 0.971 bits per heavy atom. The molecule has 0 fully saturated rings. The Morgan fingerprint density at radius 2 is 1.71 bits per heavy atom. The highest BCUT2D eigenvalue weighted by atomic mass is 32.2. The molecule has 0 saturated carbocycles. The van der Waals surface area contributed by atoms with Crippen molar-refractivity contribution in [1.82, 2.24) is 5.32 Å². The lowest BCUT2D eigenvalue weighted by molar-refractivity contribution is -0.137. The largest absolute Gasteiger partial charge is 0.481 e.